The van der Waals surface area contributed by atoms with E-state index in [9.17, 15) is 18.0 Å². The largest absolute Gasteiger partial charge is 0.493 e. The minimum atomic E-state index is -4.20. The van der Waals surface area contributed by atoms with Crippen molar-refractivity contribution in [3.05, 3.63) is 64.2 Å². The van der Waals surface area contributed by atoms with Gasteiger partial charge in [0, 0.05) is 33.1 Å². The lowest BCUT2D eigenvalue weighted by atomic mass is 9.94. The molecule has 0 fully saturated rings. The molecule has 0 atom stereocenters. The van der Waals surface area contributed by atoms with Crippen LogP contribution in [0.15, 0.2) is 36.4 Å². The van der Waals surface area contributed by atoms with E-state index in [-0.39, 0.29) is 12.5 Å². The molecular formula is C23H27F3N2O2. The van der Waals surface area contributed by atoms with Crippen molar-refractivity contribution >= 4 is 5.91 Å². The number of alkyl halides is 3. The third-order valence-corrected chi connectivity index (χ3v) is 5.33. The predicted octanol–water partition coefficient (Wildman–Crippen LogP) is 4.52. The van der Waals surface area contributed by atoms with Crippen LogP contribution in [0, 0.1) is 6.92 Å². The molecule has 0 saturated heterocycles. The quantitative estimate of drug-likeness (QED) is 0.716. The van der Waals surface area contributed by atoms with Crippen molar-refractivity contribution in [3.63, 3.8) is 0 Å². The Kier molecular flexibility index (Phi) is 7.02. The molecule has 4 nitrogen and oxygen atoms in total. The van der Waals surface area contributed by atoms with E-state index in [4.69, 9.17) is 4.74 Å². The summed E-state index contributed by atoms with van der Waals surface area (Å²) >= 11 is 0. The van der Waals surface area contributed by atoms with Crippen LogP contribution in [0.5, 0.6) is 5.75 Å². The summed E-state index contributed by atoms with van der Waals surface area (Å²) in [6.45, 7) is 6.10. The highest BCUT2D eigenvalue weighted by Crippen LogP contribution is 2.30. The van der Waals surface area contributed by atoms with E-state index in [0.717, 1.165) is 37.2 Å². The van der Waals surface area contributed by atoms with Gasteiger partial charge in [0.05, 0.1) is 13.0 Å². The molecule has 0 aromatic heterocycles. The number of fused-ring (bicyclic) bond motifs is 1. The van der Waals surface area contributed by atoms with E-state index in [1.165, 1.54) is 23.6 Å². The second-order valence-electron chi connectivity index (χ2n) is 7.73. The van der Waals surface area contributed by atoms with Crippen LogP contribution in [0.4, 0.5) is 13.2 Å². The zero-order chi connectivity index (χ0) is 21.7. The van der Waals surface area contributed by atoms with Crippen molar-refractivity contribution in [2.75, 3.05) is 13.2 Å². The Bertz CT molecular complexity index is 879. The monoisotopic (exact) mass is 420 g/mol. The van der Waals surface area contributed by atoms with Crippen molar-refractivity contribution in [1.29, 1.82) is 0 Å². The molecule has 2 aromatic carbocycles. The van der Waals surface area contributed by atoms with Crippen molar-refractivity contribution in [2.24, 2.45) is 0 Å². The van der Waals surface area contributed by atoms with E-state index < -0.39 is 12.6 Å². The van der Waals surface area contributed by atoms with Crippen LogP contribution >= 0.6 is 0 Å². The van der Waals surface area contributed by atoms with Gasteiger partial charge in [-0.2, -0.15) is 13.2 Å². The fraction of sp³-hybridized carbons (Fsp3) is 0.435. The number of amides is 1. The molecular weight excluding hydrogens is 393 g/mol. The van der Waals surface area contributed by atoms with E-state index >= 15 is 0 Å². The fourth-order valence-electron chi connectivity index (χ4n) is 3.69. The molecule has 1 aliphatic heterocycles. The van der Waals surface area contributed by atoms with Gasteiger partial charge in [0.1, 0.15) is 5.75 Å². The molecule has 1 N–H and O–H groups in total. The SMILES string of the molecule is CC(=O)NCc1ccc(CN2CCc3c(ccc(OCCC(F)(F)F)c3C)C2)cc1. The number of rotatable bonds is 7. The lowest BCUT2D eigenvalue weighted by Crippen LogP contribution is -2.30. The third kappa shape index (κ3) is 6.23. The number of nitrogens with zero attached hydrogens (tertiary/aromatic N) is 1. The van der Waals surface area contributed by atoms with E-state index in [0.29, 0.717) is 12.3 Å². The van der Waals surface area contributed by atoms with Gasteiger partial charge >= 0.3 is 6.18 Å². The molecule has 1 amide bonds. The van der Waals surface area contributed by atoms with Crippen LogP contribution in [0.25, 0.3) is 0 Å². The molecule has 30 heavy (non-hydrogen) atoms. The lowest BCUT2D eigenvalue weighted by Gasteiger charge is -2.30. The summed E-state index contributed by atoms with van der Waals surface area (Å²) < 4.78 is 42.4. The Morgan fingerprint density at radius 3 is 2.50 bits per heavy atom. The Morgan fingerprint density at radius 1 is 1.13 bits per heavy atom. The first-order valence-corrected chi connectivity index (χ1v) is 10.1. The second kappa shape index (κ2) is 9.51. The number of nitrogens with one attached hydrogen (secondary N) is 1. The molecule has 2 aromatic rings. The maximum absolute atomic E-state index is 12.3. The van der Waals surface area contributed by atoms with E-state index in [2.05, 4.69) is 22.3 Å². The van der Waals surface area contributed by atoms with Crippen molar-refractivity contribution in [3.8, 4) is 5.75 Å². The summed E-state index contributed by atoms with van der Waals surface area (Å²) in [5.41, 5.74) is 5.59. The van der Waals surface area contributed by atoms with E-state index in [1.807, 2.05) is 25.1 Å². The highest BCUT2D eigenvalue weighted by Gasteiger charge is 2.27. The van der Waals surface area contributed by atoms with Crippen LogP contribution in [0.3, 0.4) is 0 Å². The fourth-order valence-corrected chi connectivity index (χ4v) is 3.69. The van der Waals surface area contributed by atoms with Crippen LogP contribution in [0.2, 0.25) is 0 Å². The molecule has 0 radical (unpaired) electrons. The highest BCUT2D eigenvalue weighted by atomic mass is 19.4. The van der Waals surface area contributed by atoms with Gasteiger partial charge in [0.2, 0.25) is 5.91 Å². The average molecular weight is 420 g/mol. The van der Waals surface area contributed by atoms with Crippen LogP contribution in [0.1, 0.15) is 41.2 Å². The summed E-state index contributed by atoms with van der Waals surface area (Å²) in [4.78, 5) is 13.4. The molecule has 162 valence electrons. The van der Waals surface area contributed by atoms with Crippen LogP contribution < -0.4 is 10.1 Å². The maximum atomic E-state index is 12.3. The summed E-state index contributed by atoms with van der Waals surface area (Å²) in [5.74, 6) is 0.497. The van der Waals surface area contributed by atoms with Crippen LogP contribution in [-0.4, -0.2) is 30.1 Å². The maximum Gasteiger partial charge on any atom is 0.392 e. The Morgan fingerprint density at radius 2 is 1.83 bits per heavy atom. The number of benzene rings is 2. The number of ether oxygens (including phenoxy) is 1. The van der Waals surface area contributed by atoms with Gasteiger partial charge in [-0.1, -0.05) is 30.3 Å². The van der Waals surface area contributed by atoms with Gasteiger partial charge in [-0.25, -0.2) is 0 Å². The zero-order valence-corrected chi connectivity index (χ0v) is 17.3. The first kappa shape index (κ1) is 22.2. The van der Waals surface area contributed by atoms with Crippen molar-refractivity contribution in [2.45, 2.75) is 52.5 Å². The van der Waals surface area contributed by atoms with Gasteiger partial charge < -0.3 is 10.1 Å². The van der Waals surface area contributed by atoms with Gasteiger partial charge in [-0.3, -0.25) is 9.69 Å². The van der Waals surface area contributed by atoms with Crippen molar-refractivity contribution < 1.29 is 22.7 Å². The zero-order valence-electron chi connectivity index (χ0n) is 17.3. The Hall–Kier alpha value is -2.54. The third-order valence-electron chi connectivity index (χ3n) is 5.33. The van der Waals surface area contributed by atoms with Gasteiger partial charge in [0.15, 0.2) is 0 Å². The first-order valence-electron chi connectivity index (χ1n) is 10.1. The normalized spacial score (nSPS) is 14.3. The van der Waals surface area contributed by atoms with Crippen LogP contribution in [-0.2, 0) is 30.8 Å². The van der Waals surface area contributed by atoms with Gasteiger partial charge in [-0.05, 0) is 47.2 Å². The molecule has 0 spiro atoms. The summed E-state index contributed by atoms with van der Waals surface area (Å²) in [7, 11) is 0. The van der Waals surface area contributed by atoms with Crippen molar-refractivity contribution in [1.82, 2.24) is 10.2 Å². The standard InChI is InChI=1S/C23H27F3N2O2/c1-16-21-9-11-28(14-19-5-3-18(4-6-19)13-27-17(2)29)15-20(21)7-8-22(16)30-12-10-23(24,25)26/h3-8H,9-15H2,1-2H3,(H,27,29). The number of halogens is 3. The summed E-state index contributed by atoms with van der Waals surface area (Å²) in [5, 5.41) is 2.79. The number of carbonyl (C=O) groups is 1. The molecule has 0 saturated carbocycles. The van der Waals surface area contributed by atoms with Gasteiger partial charge in [0.25, 0.3) is 0 Å². The second-order valence-corrected chi connectivity index (χ2v) is 7.73. The number of hydrogen-bond donors (Lipinski definition) is 1. The average Bonchev–Trinajstić information content (AvgIpc) is 2.68. The topological polar surface area (TPSA) is 41.6 Å². The molecule has 3 rings (SSSR count). The smallest absolute Gasteiger partial charge is 0.392 e. The lowest BCUT2D eigenvalue weighted by molar-refractivity contribution is -0.139. The molecule has 1 aliphatic rings. The molecule has 0 unspecified atom stereocenters. The Labute approximate surface area is 175 Å². The molecule has 0 aliphatic carbocycles. The van der Waals surface area contributed by atoms with Gasteiger partial charge in [-0.15, -0.1) is 0 Å². The summed E-state index contributed by atoms with van der Waals surface area (Å²) in [6, 6.07) is 12.0. The minimum Gasteiger partial charge on any atom is -0.493 e. The minimum absolute atomic E-state index is 0.0461. The predicted molar refractivity (Wildman–Crippen MR) is 109 cm³/mol. The summed E-state index contributed by atoms with van der Waals surface area (Å²) in [6.07, 6.45) is -4.30. The number of hydrogen-bond acceptors (Lipinski definition) is 3. The number of carbonyl (C=O) groups excluding carboxylic acids is 1. The Balaban J connectivity index is 1.58. The molecule has 1 heterocycles. The molecule has 0 bridgehead atoms. The highest BCUT2D eigenvalue weighted by molar-refractivity contribution is 5.72. The molecule has 7 heteroatoms. The first-order chi connectivity index (χ1) is 14.2. The van der Waals surface area contributed by atoms with E-state index in [1.54, 1.807) is 6.07 Å².